The summed E-state index contributed by atoms with van der Waals surface area (Å²) >= 11 is 0. The van der Waals surface area contributed by atoms with Gasteiger partial charge in [-0.15, -0.1) is 0 Å². The predicted octanol–water partition coefficient (Wildman–Crippen LogP) is 3.05. The number of nitrogens with zero attached hydrogens (tertiary/aromatic N) is 1. The van der Waals surface area contributed by atoms with E-state index in [1.807, 2.05) is 32.0 Å². The van der Waals surface area contributed by atoms with Crippen LogP contribution in [-0.2, 0) is 0 Å². The summed E-state index contributed by atoms with van der Waals surface area (Å²) in [4.78, 5) is 22.7. The maximum atomic E-state index is 12.3. The minimum atomic E-state index is -0.600. The van der Waals surface area contributed by atoms with Gasteiger partial charge in [0.2, 0.25) is 0 Å². The molecule has 0 saturated carbocycles. The van der Waals surface area contributed by atoms with Crippen LogP contribution in [0.4, 0.5) is 17.1 Å². The van der Waals surface area contributed by atoms with Crippen molar-refractivity contribution in [3.05, 3.63) is 63.2 Å². The van der Waals surface area contributed by atoms with Gasteiger partial charge in [-0.3, -0.25) is 14.9 Å². The molecule has 0 aliphatic heterocycles. The minimum Gasteiger partial charge on any atom is -0.399 e. The Kier molecular flexibility index (Phi) is 3.89. The lowest BCUT2D eigenvalue weighted by atomic mass is 10.1. The highest BCUT2D eigenvalue weighted by Gasteiger charge is 2.20. The van der Waals surface area contributed by atoms with Crippen molar-refractivity contribution in [3.8, 4) is 0 Å². The molecule has 108 valence electrons. The summed E-state index contributed by atoms with van der Waals surface area (Å²) in [6.45, 7) is 3.75. The maximum Gasteiger partial charge on any atom is 0.282 e. The van der Waals surface area contributed by atoms with Gasteiger partial charge in [-0.05, 0) is 43.2 Å². The van der Waals surface area contributed by atoms with Gasteiger partial charge in [0.1, 0.15) is 5.56 Å². The highest BCUT2D eigenvalue weighted by atomic mass is 16.6. The first-order chi connectivity index (χ1) is 9.88. The number of benzene rings is 2. The highest BCUT2D eigenvalue weighted by Crippen LogP contribution is 2.24. The Hall–Kier alpha value is -2.89. The third kappa shape index (κ3) is 3.17. The molecular weight excluding hydrogens is 270 g/mol. The third-order valence-corrected chi connectivity index (χ3v) is 3.10. The van der Waals surface area contributed by atoms with Gasteiger partial charge in [-0.2, -0.15) is 0 Å². The molecule has 1 amide bonds. The van der Waals surface area contributed by atoms with Gasteiger partial charge >= 0.3 is 0 Å². The molecule has 0 spiro atoms. The number of amides is 1. The number of nitro benzene ring substituents is 1. The van der Waals surface area contributed by atoms with Crippen LogP contribution >= 0.6 is 0 Å². The molecule has 6 nitrogen and oxygen atoms in total. The number of anilines is 2. The smallest absolute Gasteiger partial charge is 0.282 e. The molecule has 0 bridgehead atoms. The molecule has 3 N–H and O–H groups in total. The van der Waals surface area contributed by atoms with E-state index >= 15 is 0 Å². The molecule has 0 radical (unpaired) electrons. The molecule has 0 aromatic heterocycles. The SMILES string of the molecule is Cc1ccc(C)c(NC(=O)c2cc(N)ccc2[N+](=O)[O-])c1. The van der Waals surface area contributed by atoms with Gasteiger partial charge in [0.05, 0.1) is 4.92 Å². The monoisotopic (exact) mass is 285 g/mol. The van der Waals surface area contributed by atoms with Crippen LogP contribution in [0.2, 0.25) is 0 Å². The zero-order chi connectivity index (χ0) is 15.6. The molecule has 2 aromatic carbocycles. The Morgan fingerprint density at radius 2 is 1.90 bits per heavy atom. The summed E-state index contributed by atoms with van der Waals surface area (Å²) in [5.74, 6) is -0.553. The van der Waals surface area contributed by atoms with Crippen LogP contribution in [0.15, 0.2) is 36.4 Å². The predicted molar refractivity (Wildman–Crippen MR) is 81.4 cm³/mol. The third-order valence-electron chi connectivity index (χ3n) is 3.10. The highest BCUT2D eigenvalue weighted by molar-refractivity contribution is 6.08. The van der Waals surface area contributed by atoms with E-state index in [1.54, 1.807) is 0 Å². The topological polar surface area (TPSA) is 98.3 Å². The van der Waals surface area contributed by atoms with Crippen LogP contribution in [0, 0.1) is 24.0 Å². The zero-order valence-corrected chi connectivity index (χ0v) is 11.7. The minimum absolute atomic E-state index is 0.0547. The van der Waals surface area contributed by atoms with E-state index in [4.69, 9.17) is 5.73 Å². The number of carbonyl (C=O) groups excluding carboxylic acids is 1. The normalized spacial score (nSPS) is 10.2. The Bertz CT molecular complexity index is 726. The van der Waals surface area contributed by atoms with Crippen molar-refractivity contribution in [3.63, 3.8) is 0 Å². The number of hydrogen-bond acceptors (Lipinski definition) is 4. The molecule has 2 aromatic rings. The van der Waals surface area contributed by atoms with Crippen molar-refractivity contribution in [2.24, 2.45) is 0 Å². The molecule has 6 heteroatoms. The molecular formula is C15H15N3O3. The van der Waals surface area contributed by atoms with E-state index < -0.39 is 10.8 Å². The molecule has 21 heavy (non-hydrogen) atoms. The zero-order valence-electron chi connectivity index (χ0n) is 11.7. The first kappa shape index (κ1) is 14.5. The van der Waals surface area contributed by atoms with Gasteiger partial charge in [0.15, 0.2) is 0 Å². The van der Waals surface area contributed by atoms with Crippen molar-refractivity contribution in [1.29, 1.82) is 0 Å². The van der Waals surface area contributed by atoms with E-state index in [1.165, 1.54) is 18.2 Å². The second-order valence-electron chi connectivity index (χ2n) is 4.81. The van der Waals surface area contributed by atoms with Gasteiger partial charge in [0, 0.05) is 17.4 Å². The molecule has 0 aliphatic carbocycles. The molecule has 0 fully saturated rings. The fourth-order valence-electron chi connectivity index (χ4n) is 1.95. The van der Waals surface area contributed by atoms with Crippen LogP contribution < -0.4 is 11.1 Å². The van der Waals surface area contributed by atoms with Gasteiger partial charge < -0.3 is 11.1 Å². The number of aryl methyl sites for hydroxylation is 2. The Labute approximate surface area is 121 Å². The average molecular weight is 285 g/mol. The molecule has 0 aliphatic rings. The number of carbonyl (C=O) groups is 1. The van der Waals surface area contributed by atoms with Gasteiger partial charge in [0.25, 0.3) is 11.6 Å². The largest absolute Gasteiger partial charge is 0.399 e. The van der Waals surface area contributed by atoms with E-state index in [0.717, 1.165) is 11.1 Å². The van der Waals surface area contributed by atoms with E-state index in [2.05, 4.69) is 5.32 Å². The number of nitrogen functional groups attached to an aromatic ring is 1. The van der Waals surface area contributed by atoms with Crippen molar-refractivity contribution in [1.82, 2.24) is 0 Å². The number of nitrogens with one attached hydrogen (secondary N) is 1. The van der Waals surface area contributed by atoms with Crippen molar-refractivity contribution in [2.45, 2.75) is 13.8 Å². The van der Waals surface area contributed by atoms with E-state index in [9.17, 15) is 14.9 Å². The second kappa shape index (κ2) is 5.62. The van der Waals surface area contributed by atoms with Crippen LogP contribution in [0.1, 0.15) is 21.5 Å². The maximum absolute atomic E-state index is 12.3. The lowest BCUT2D eigenvalue weighted by molar-refractivity contribution is -0.385. The standard InChI is InChI=1S/C15H15N3O3/c1-9-3-4-10(2)13(7-9)17-15(19)12-8-11(16)5-6-14(12)18(20)21/h3-8H,16H2,1-2H3,(H,17,19). The first-order valence-electron chi connectivity index (χ1n) is 6.31. The summed E-state index contributed by atoms with van der Waals surface area (Å²) in [7, 11) is 0. The number of hydrogen-bond donors (Lipinski definition) is 2. The fourth-order valence-corrected chi connectivity index (χ4v) is 1.95. The van der Waals surface area contributed by atoms with Crippen molar-refractivity contribution >= 4 is 23.0 Å². The first-order valence-corrected chi connectivity index (χ1v) is 6.31. The van der Waals surface area contributed by atoms with Crippen LogP contribution in [-0.4, -0.2) is 10.8 Å². The fraction of sp³-hybridized carbons (Fsp3) is 0.133. The van der Waals surface area contributed by atoms with E-state index in [-0.39, 0.29) is 11.3 Å². The summed E-state index contributed by atoms with van der Waals surface area (Å²) < 4.78 is 0. The number of nitro groups is 1. The summed E-state index contributed by atoms with van der Waals surface area (Å²) in [5, 5.41) is 13.7. The van der Waals surface area contributed by atoms with Crippen LogP contribution in [0.3, 0.4) is 0 Å². The van der Waals surface area contributed by atoms with Crippen molar-refractivity contribution < 1.29 is 9.72 Å². The molecule has 0 unspecified atom stereocenters. The Balaban J connectivity index is 2.39. The Morgan fingerprint density at radius 3 is 2.57 bits per heavy atom. The summed E-state index contributed by atoms with van der Waals surface area (Å²) in [5.41, 5.74) is 8.06. The molecule has 2 rings (SSSR count). The number of nitrogens with two attached hydrogens (primary N) is 1. The number of rotatable bonds is 3. The van der Waals surface area contributed by atoms with Crippen molar-refractivity contribution in [2.75, 3.05) is 11.1 Å². The molecule has 0 heterocycles. The van der Waals surface area contributed by atoms with Gasteiger partial charge in [-0.25, -0.2) is 0 Å². The average Bonchev–Trinajstić information content (AvgIpc) is 2.42. The van der Waals surface area contributed by atoms with E-state index in [0.29, 0.717) is 11.4 Å². The van der Waals surface area contributed by atoms with Crippen LogP contribution in [0.5, 0.6) is 0 Å². The lowest BCUT2D eigenvalue weighted by Crippen LogP contribution is -2.15. The lowest BCUT2D eigenvalue weighted by Gasteiger charge is -2.10. The van der Waals surface area contributed by atoms with Crippen LogP contribution in [0.25, 0.3) is 0 Å². The quantitative estimate of drug-likeness (QED) is 0.514. The summed E-state index contributed by atoms with van der Waals surface area (Å²) in [6, 6.07) is 9.54. The molecule has 0 atom stereocenters. The van der Waals surface area contributed by atoms with Gasteiger partial charge in [-0.1, -0.05) is 12.1 Å². The summed E-state index contributed by atoms with van der Waals surface area (Å²) in [6.07, 6.45) is 0. The Morgan fingerprint density at radius 1 is 1.19 bits per heavy atom. The second-order valence-corrected chi connectivity index (χ2v) is 4.81. The molecule has 0 saturated heterocycles.